The molecule has 0 aromatic carbocycles. The Morgan fingerprint density at radius 1 is 0.290 bits per heavy atom. The molecular formula is C74H144O17P2. The monoisotopic (exact) mass is 1370 g/mol. The van der Waals surface area contributed by atoms with Gasteiger partial charge in [0.15, 0.2) is 12.2 Å². The minimum Gasteiger partial charge on any atom is -0.462 e. The molecule has 5 atom stereocenters. The first kappa shape index (κ1) is 91.1. The predicted molar refractivity (Wildman–Crippen MR) is 377 cm³/mol. The number of aliphatic hydroxyl groups is 1. The van der Waals surface area contributed by atoms with Gasteiger partial charge in [-0.3, -0.25) is 37.3 Å². The molecule has 0 rings (SSSR count). The van der Waals surface area contributed by atoms with Crippen molar-refractivity contribution in [3.8, 4) is 0 Å². The molecule has 0 fully saturated rings. The van der Waals surface area contributed by atoms with Gasteiger partial charge in [0.25, 0.3) is 0 Å². The molecule has 93 heavy (non-hydrogen) atoms. The number of carbonyl (C=O) groups excluding carboxylic acids is 4. The van der Waals surface area contributed by atoms with Gasteiger partial charge >= 0.3 is 39.5 Å². The van der Waals surface area contributed by atoms with Crippen molar-refractivity contribution in [3.63, 3.8) is 0 Å². The second-order valence-electron chi connectivity index (χ2n) is 27.6. The second-order valence-corrected chi connectivity index (χ2v) is 30.5. The molecule has 0 spiro atoms. The van der Waals surface area contributed by atoms with Crippen molar-refractivity contribution in [2.24, 2.45) is 11.8 Å². The zero-order chi connectivity index (χ0) is 68.6. The Morgan fingerprint density at radius 2 is 0.495 bits per heavy atom. The van der Waals surface area contributed by atoms with Crippen LogP contribution in [0, 0.1) is 11.8 Å². The number of unbranched alkanes of at least 4 members (excludes halogenated alkanes) is 43. The number of phosphoric ester groups is 2. The predicted octanol–water partition coefficient (Wildman–Crippen LogP) is 21.6. The van der Waals surface area contributed by atoms with Crippen LogP contribution in [0.5, 0.6) is 0 Å². The molecule has 3 N–H and O–H groups in total. The third-order valence-corrected chi connectivity index (χ3v) is 19.1. The van der Waals surface area contributed by atoms with E-state index in [1.165, 1.54) is 199 Å². The molecule has 0 heterocycles. The van der Waals surface area contributed by atoms with Gasteiger partial charge in [0.1, 0.15) is 19.3 Å². The molecule has 0 aliphatic heterocycles. The van der Waals surface area contributed by atoms with E-state index in [0.717, 1.165) is 102 Å². The van der Waals surface area contributed by atoms with Crippen molar-refractivity contribution in [3.05, 3.63) is 0 Å². The largest absolute Gasteiger partial charge is 0.472 e. The SMILES string of the molecule is CCCCCCCCCCCCCCCC(=O)OC[C@H](COP(=O)(O)OC[C@@H](O)COP(=O)(O)OC[C@@H](COC(=O)CCCCCCCCCCC(C)C)OC(=O)CCCCCCCCCCCCCCC)OC(=O)CCCCCCCCCCCCCCCC(C)C. The lowest BCUT2D eigenvalue weighted by molar-refractivity contribution is -0.161. The molecule has 2 unspecified atom stereocenters. The highest BCUT2D eigenvalue weighted by Gasteiger charge is 2.30. The fourth-order valence-corrected chi connectivity index (χ4v) is 12.9. The summed E-state index contributed by atoms with van der Waals surface area (Å²) in [6.07, 6.45) is 52.6. The number of carbonyl (C=O) groups is 4. The van der Waals surface area contributed by atoms with Crippen LogP contribution in [-0.2, 0) is 65.4 Å². The molecule has 0 aromatic rings. The van der Waals surface area contributed by atoms with E-state index in [9.17, 15) is 43.2 Å². The first-order valence-electron chi connectivity index (χ1n) is 38.5. The molecule has 0 radical (unpaired) electrons. The molecule has 552 valence electrons. The maximum atomic E-state index is 13.1. The van der Waals surface area contributed by atoms with E-state index in [1.54, 1.807) is 0 Å². The van der Waals surface area contributed by atoms with Crippen molar-refractivity contribution in [1.82, 2.24) is 0 Å². The molecule has 0 amide bonds. The Morgan fingerprint density at radius 3 is 0.731 bits per heavy atom. The minimum absolute atomic E-state index is 0.107. The van der Waals surface area contributed by atoms with Gasteiger partial charge < -0.3 is 33.8 Å². The molecule has 0 saturated heterocycles. The summed E-state index contributed by atoms with van der Waals surface area (Å²) in [6.45, 7) is 9.57. The number of aliphatic hydroxyl groups excluding tert-OH is 1. The van der Waals surface area contributed by atoms with Crippen molar-refractivity contribution < 1.29 is 80.2 Å². The number of ether oxygens (including phenoxy) is 4. The summed E-state index contributed by atoms with van der Waals surface area (Å²) in [5.41, 5.74) is 0. The van der Waals surface area contributed by atoms with Crippen molar-refractivity contribution in [2.75, 3.05) is 39.6 Å². The van der Waals surface area contributed by atoms with E-state index in [-0.39, 0.29) is 25.7 Å². The third-order valence-electron chi connectivity index (χ3n) is 17.2. The minimum atomic E-state index is -4.95. The Bertz CT molecular complexity index is 1800. The number of esters is 4. The standard InChI is InChI=1S/C74H144O17P2/c1-7-9-11-13-15-17-19-22-27-31-38-44-50-56-71(76)84-62-69(90-74(79)59-53-47-41-33-29-25-21-24-26-30-36-42-48-54-66(3)4)64-88-92(80,81)86-60-68(75)61-87-93(82,83)89-65-70(63-85-72(77)57-51-45-39-35-34-37-43-49-55-67(5)6)91-73(78)58-52-46-40-32-28-23-20-18-16-14-12-10-8-2/h66-70,75H,7-65H2,1-6H3,(H,80,81)(H,82,83)/t68-,69-,70-/m1/s1. The maximum absolute atomic E-state index is 13.1. The van der Waals surface area contributed by atoms with Crippen LogP contribution in [0.15, 0.2) is 0 Å². The first-order valence-corrected chi connectivity index (χ1v) is 41.5. The summed E-state index contributed by atoms with van der Waals surface area (Å²) < 4.78 is 68.5. The molecule has 0 aromatic heterocycles. The lowest BCUT2D eigenvalue weighted by Crippen LogP contribution is -2.30. The van der Waals surface area contributed by atoms with Crippen molar-refractivity contribution >= 4 is 39.5 Å². The van der Waals surface area contributed by atoms with Crippen molar-refractivity contribution in [2.45, 2.75) is 400 Å². The normalized spacial score (nSPS) is 14.1. The molecule has 19 heteroatoms. The average Bonchev–Trinajstić information content (AvgIpc) is 3.67. The average molecular weight is 1370 g/mol. The Labute approximate surface area is 568 Å². The molecule has 0 bridgehead atoms. The number of rotatable bonds is 73. The molecule has 0 aliphatic carbocycles. The van der Waals surface area contributed by atoms with E-state index in [0.29, 0.717) is 25.7 Å². The van der Waals surface area contributed by atoms with E-state index in [1.807, 2.05) is 0 Å². The number of phosphoric acid groups is 2. The zero-order valence-corrected chi connectivity index (χ0v) is 62.3. The topological polar surface area (TPSA) is 237 Å². The number of hydrogen-bond acceptors (Lipinski definition) is 15. The first-order chi connectivity index (χ1) is 44.9. The fourth-order valence-electron chi connectivity index (χ4n) is 11.3. The van der Waals surface area contributed by atoms with Crippen LogP contribution in [0.3, 0.4) is 0 Å². The smallest absolute Gasteiger partial charge is 0.462 e. The highest BCUT2D eigenvalue weighted by Crippen LogP contribution is 2.45. The van der Waals surface area contributed by atoms with Crippen LogP contribution >= 0.6 is 15.6 Å². The summed E-state index contributed by atoms with van der Waals surface area (Å²) in [5.74, 6) is -0.603. The van der Waals surface area contributed by atoms with Gasteiger partial charge in [0.2, 0.25) is 0 Å². The zero-order valence-electron chi connectivity index (χ0n) is 60.6. The van der Waals surface area contributed by atoms with Crippen LogP contribution in [0.2, 0.25) is 0 Å². The quantitative estimate of drug-likeness (QED) is 0.0222. The lowest BCUT2D eigenvalue weighted by Gasteiger charge is -2.21. The second kappa shape index (κ2) is 66.0. The number of hydrogen-bond donors (Lipinski definition) is 3. The lowest BCUT2D eigenvalue weighted by atomic mass is 10.0. The van der Waals surface area contributed by atoms with Crippen molar-refractivity contribution in [1.29, 1.82) is 0 Å². The van der Waals surface area contributed by atoms with Gasteiger partial charge in [-0.25, -0.2) is 9.13 Å². The van der Waals surface area contributed by atoms with E-state index in [4.69, 9.17) is 37.0 Å². The fraction of sp³-hybridized carbons (Fsp3) is 0.946. The van der Waals surface area contributed by atoms with Crippen LogP contribution in [0.1, 0.15) is 382 Å². The van der Waals surface area contributed by atoms with Crippen LogP contribution < -0.4 is 0 Å². The molecular weight excluding hydrogens is 1220 g/mol. The van der Waals surface area contributed by atoms with Gasteiger partial charge in [-0.05, 0) is 37.5 Å². The molecule has 17 nitrogen and oxygen atoms in total. The van der Waals surface area contributed by atoms with Gasteiger partial charge in [-0.1, -0.05) is 330 Å². The Kier molecular flexibility index (Phi) is 64.6. The van der Waals surface area contributed by atoms with Gasteiger partial charge in [0, 0.05) is 25.7 Å². The highest BCUT2D eigenvalue weighted by molar-refractivity contribution is 7.47. The summed E-state index contributed by atoms with van der Waals surface area (Å²) in [7, 11) is -9.91. The van der Waals surface area contributed by atoms with E-state index >= 15 is 0 Å². The van der Waals surface area contributed by atoms with Crippen LogP contribution in [0.4, 0.5) is 0 Å². The maximum Gasteiger partial charge on any atom is 0.472 e. The van der Waals surface area contributed by atoms with Crippen LogP contribution in [-0.4, -0.2) is 96.7 Å². The van der Waals surface area contributed by atoms with Gasteiger partial charge in [-0.15, -0.1) is 0 Å². The summed E-state index contributed by atoms with van der Waals surface area (Å²) in [5, 5.41) is 10.6. The Balaban J connectivity index is 5.26. The van der Waals surface area contributed by atoms with Gasteiger partial charge in [-0.2, -0.15) is 0 Å². The molecule has 0 aliphatic rings. The van der Waals surface area contributed by atoms with Crippen LogP contribution in [0.25, 0.3) is 0 Å². The highest BCUT2D eigenvalue weighted by atomic mass is 31.2. The van der Waals surface area contributed by atoms with Gasteiger partial charge in [0.05, 0.1) is 26.4 Å². The molecule has 0 saturated carbocycles. The summed E-state index contributed by atoms with van der Waals surface area (Å²) in [4.78, 5) is 72.7. The summed E-state index contributed by atoms with van der Waals surface area (Å²) >= 11 is 0. The Hall–Kier alpha value is -1.94. The van der Waals surface area contributed by atoms with E-state index < -0.39 is 97.5 Å². The van der Waals surface area contributed by atoms with E-state index in [2.05, 4.69) is 41.5 Å². The third kappa shape index (κ3) is 68.4. The summed E-state index contributed by atoms with van der Waals surface area (Å²) in [6, 6.07) is 0.